The van der Waals surface area contributed by atoms with E-state index in [0.29, 0.717) is 5.69 Å². The van der Waals surface area contributed by atoms with Gasteiger partial charge in [-0.05, 0) is 43.2 Å². The second-order valence-electron chi connectivity index (χ2n) is 5.37. The van der Waals surface area contributed by atoms with E-state index in [1.807, 2.05) is 0 Å². The zero-order chi connectivity index (χ0) is 17.0. The van der Waals surface area contributed by atoms with Gasteiger partial charge in [0.2, 0.25) is 0 Å². The molecule has 1 aromatic carbocycles. The van der Waals surface area contributed by atoms with Crippen molar-refractivity contribution < 1.29 is 14.3 Å². The molecule has 1 heterocycles. The van der Waals surface area contributed by atoms with Crippen LogP contribution in [0, 0.1) is 11.7 Å². The Hall–Kier alpha value is -2.54. The molecule has 7 heteroatoms. The second kappa shape index (κ2) is 7.15. The van der Waals surface area contributed by atoms with Crippen molar-refractivity contribution in [2.75, 3.05) is 6.61 Å². The fraction of sp³-hybridized carbons (Fsp3) is 0.312. The molecule has 0 spiro atoms. The maximum Gasteiger partial charge on any atom is 0.271 e. The molecule has 0 bridgehead atoms. The first kappa shape index (κ1) is 16.8. The third-order valence-electron chi connectivity index (χ3n) is 3.60. The van der Waals surface area contributed by atoms with E-state index in [1.165, 1.54) is 36.4 Å². The maximum absolute atomic E-state index is 13.0. The number of rotatable bonds is 5. The number of hydrogen-bond donors (Lipinski definition) is 2. The third kappa shape index (κ3) is 4.01. The second-order valence-corrected chi connectivity index (χ2v) is 5.37. The maximum atomic E-state index is 13.0. The largest absolute Gasteiger partial charge is 0.396 e. The highest BCUT2D eigenvalue weighted by molar-refractivity contribution is 5.92. The highest BCUT2D eigenvalue weighted by Gasteiger charge is 2.17. The number of carbonyl (C=O) groups excluding carboxylic acids is 1. The van der Waals surface area contributed by atoms with Gasteiger partial charge in [0.1, 0.15) is 11.5 Å². The molecule has 0 aliphatic rings. The molecule has 0 saturated heterocycles. The fourth-order valence-corrected chi connectivity index (χ4v) is 1.88. The van der Waals surface area contributed by atoms with Gasteiger partial charge >= 0.3 is 0 Å². The first-order valence-electron chi connectivity index (χ1n) is 7.20. The molecule has 122 valence electrons. The monoisotopic (exact) mass is 319 g/mol. The van der Waals surface area contributed by atoms with Gasteiger partial charge in [-0.1, -0.05) is 6.92 Å². The van der Waals surface area contributed by atoms with Gasteiger partial charge in [0.15, 0.2) is 0 Å². The van der Waals surface area contributed by atoms with Crippen molar-refractivity contribution in [3.63, 3.8) is 0 Å². The highest BCUT2D eigenvalue weighted by atomic mass is 19.1. The Labute approximate surface area is 132 Å². The predicted octanol–water partition coefficient (Wildman–Crippen LogP) is 1.12. The summed E-state index contributed by atoms with van der Waals surface area (Å²) in [4.78, 5) is 24.1. The molecule has 0 aliphatic carbocycles. The molecule has 0 aliphatic heterocycles. The lowest BCUT2D eigenvalue weighted by atomic mass is 10.1. The van der Waals surface area contributed by atoms with Crippen molar-refractivity contribution in [1.29, 1.82) is 0 Å². The van der Waals surface area contributed by atoms with Gasteiger partial charge in [-0.15, -0.1) is 0 Å². The summed E-state index contributed by atoms with van der Waals surface area (Å²) in [6.07, 6.45) is 0. The first-order chi connectivity index (χ1) is 10.9. The molecule has 2 rings (SSSR count). The number of aliphatic hydroxyl groups is 1. The van der Waals surface area contributed by atoms with Crippen molar-refractivity contribution in [2.24, 2.45) is 5.92 Å². The molecule has 0 radical (unpaired) electrons. The van der Waals surface area contributed by atoms with Crippen molar-refractivity contribution >= 4 is 5.91 Å². The number of carbonyl (C=O) groups is 1. The number of aromatic nitrogens is 2. The lowest BCUT2D eigenvalue weighted by Gasteiger charge is -2.19. The standard InChI is InChI=1S/C16H18FN3O3/c1-10(9-21)11(2)18-16(23)14-7-8-15(22)20(19-14)13-5-3-12(17)4-6-13/h3-8,10-11,21H,9H2,1-2H3,(H,18,23). The summed E-state index contributed by atoms with van der Waals surface area (Å²) in [5.74, 6) is -0.988. The van der Waals surface area contributed by atoms with Crippen LogP contribution in [0.3, 0.4) is 0 Å². The number of benzene rings is 1. The van der Waals surface area contributed by atoms with Crippen molar-refractivity contribution in [3.8, 4) is 5.69 Å². The molecule has 0 fully saturated rings. The zero-order valence-corrected chi connectivity index (χ0v) is 12.9. The number of aliphatic hydroxyl groups excluding tert-OH is 1. The highest BCUT2D eigenvalue weighted by Crippen LogP contribution is 2.07. The van der Waals surface area contributed by atoms with Crippen LogP contribution in [0.5, 0.6) is 0 Å². The number of nitrogens with zero attached hydrogens (tertiary/aromatic N) is 2. The molecule has 2 atom stereocenters. The minimum absolute atomic E-state index is 0.0516. The van der Waals surface area contributed by atoms with Gasteiger partial charge in [0.25, 0.3) is 11.5 Å². The first-order valence-corrected chi connectivity index (χ1v) is 7.20. The lowest BCUT2D eigenvalue weighted by molar-refractivity contribution is 0.0909. The zero-order valence-electron chi connectivity index (χ0n) is 12.9. The Balaban J connectivity index is 2.28. The van der Waals surface area contributed by atoms with Gasteiger partial charge in [0.05, 0.1) is 5.69 Å². The Morgan fingerprint density at radius 3 is 2.52 bits per heavy atom. The molecule has 6 nitrogen and oxygen atoms in total. The molecular weight excluding hydrogens is 301 g/mol. The smallest absolute Gasteiger partial charge is 0.271 e. The van der Waals surface area contributed by atoms with E-state index < -0.39 is 17.3 Å². The molecule has 23 heavy (non-hydrogen) atoms. The minimum atomic E-state index is -0.450. The fourth-order valence-electron chi connectivity index (χ4n) is 1.88. The summed E-state index contributed by atoms with van der Waals surface area (Å²) in [5, 5.41) is 15.8. The van der Waals surface area contributed by atoms with Crippen molar-refractivity contribution in [3.05, 3.63) is 58.3 Å². The summed E-state index contributed by atoms with van der Waals surface area (Å²) >= 11 is 0. The van der Waals surface area contributed by atoms with Gasteiger partial charge in [-0.3, -0.25) is 9.59 Å². The van der Waals surface area contributed by atoms with E-state index in [4.69, 9.17) is 5.11 Å². The molecular formula is C16H18FN3O3. The van der Waals surface area contributed by atoms with Crippen LogP contribution in [0.25, 0.3) is 5.69 Å². The van der Waals surface area contributed by atoms with Crippen LogP contribution < -0.4 is 10.9 Å². The minimum Gasteiger partial charge on any atom is -0.396 e. The summed E-state index contributed by atoms with van der Waals surface area (Å²) in [5.41, 5.74) is -0.00123. The predicted molar refractivity (Wildman–Crippen MR) is 83.0 cm³/mol. The van der Waals surface area contributed by atoms with Gasteiger partial charge in [0, 0.05) is 18.7 Å². The Bertz CT molecular complexity index is 743. The van der Waals surface area contributed by atoms with Gasteiger partial charge in [-0.2, -0.15) is 9.78 Å². The SMILES string of the molecule is CC(CO)C(C)NC(=O)c1ccc(=O)n(-c2ccc(F)cc2)n1. The van der Waals surface area contributed by atoms with Gasteiger partial charge in [-0.25, -0.2) is 4.39 Å². The quantitative estimate of drug-likeness (QED) is 0.865. The summed E-state index contributed by atoms with van der Waals surface area (Å²) < 4.78 is 14.0. The Kier molecular flexibility index (Phi) is 5.23. The van der Waals surface area contributed by atoms with Crippen molar-refractivity contribution in [2.45, 2.75) is 19.9 Å². The van der Waals surface area contributed by atoms with E-state index in [1.54, 1.807) is 13.8 Å². The van der Waals surface area contributed by atoms with Gasteiger partial charge < -0.3 is 10.4 Å². The molecule has 2 unspecified atom stereocenters. The molecule has 0 saturated carbocycles. The van der Waals surface area contributed by atoms with E-state index in [0.717, 1.165) is 4.68 Å². The van der Waals surface area contributed by atoms with Crippen molar-refractivity contribution in [1.82, 2.24) is 15.1 Å². The van der Waals surface area contributed by atoms with E-state index >= 15 is 0 Å². The van der Waals surface area contributed by atoms with Crippen LogP contribution in [0.15, 0.2) is 41.2 Å². The van der Waals surface area contributed by atoms with Crippen LogP contribution >= 0.6 is 0 Å². The topological polar surface area (TPSA) is 84.2 Å². The average molecular weight is 319 g/mol. The Morgan fingerprint density at radius 2 is 1.91 bits per heavy atom. The summed E-state index contributed by atoms with van der Waals surface area (Å²) in [6.45, 7) is 3.52. The molecule has 2 aromatic rings. The van der Waals surface area contributed by atoms with Crippen LogP contribution in [0.1, 0.15) is 24.3 Å². The van der Waals surface area contributed by atoms with Crippen LogP contribution in [0.4, 0.5) is 4.39 Å². The van der Waals surface area contributed by atoms with Crippen LogP contribution in [0.2, 0.25) is 0 Å². The average Bonchev–Trinajstić information content (AvgIpc) is 2.55. The third-order valence-corrected chi connectivity index (χ3v) is 3.60. The molecule has 1 amide bonds. The normalized spacial score (nSPS) is 13.4. The summed E-state index contributed by atoms with van der Waals surface area (Å²) in [6, 6.07) is 7.53. The number of nitrogens with one attached hydrogen (secondary N) is 1. The van der Waals surface area contributed by atoms with E-state index in [-0.39, 0.29) is 24.3 Å². The lowest BCUT2D eigenvalue weighted by Crippen LogP contribution is -2.39. The van der Waals surface area contributed by atoms with E-state index in [9.17, 15) is 14.0 Å². The van der Waals surface area contributed by atoms with Crippen LogP contribution in [-0.4, -0.2) is 33.4 Å². The summed E-state index contributed by atoms with van der Waals surface area (Å²) in [7, 11) is 0. The van der Waals surface area contributed by atoms with Crippen LogP contribution in [-0.2, 0) is 0 Å². The number of halogens is 1. The number of hydrogen-bond acceptors (Lipinski definition) is 4. The van der Waals surface area contributed by atoms with E-state index in [2.05, 4.69) is 10.4 Å². The number of amides is 1. The molecule has 2 N–H and O–H groups in total. The molecule has 1 aromatic heterocycles. The Morgan fingerprint density at radius 1 is 1.26 bits per heavy atom.